The number of furan rings is 1. The molecule has 0 radical (unpaired) electrons. The fraction of sp³-hybridized carbons (Fsp3) is 0.280. The second-order valence-electron chi connectivity index (χ2n) is 8.61. The van der Waals surface area contributed by atoms with Crippen molar-refractivity contribution in [1.82, 2.24) is 20.9 Å². The van der Waals surface area contributed by atoms with Gasteiger partial charge in [-0.05, 0) is 35.9 Å². The average molecular weight is 492 g/mol. The molecule has 36 heavy (non-hydrogen) atoms. The Hall–Kier alpha value is -4.38. The molecule has 5 amide bonds. The Morgan fingerprint density at radius 1 is 1.14 bits per heavy atom. The van der Waals surface area contributed by atoms with Gasteiger partial charge in [0.05, 0.1) is 20.3 Å². The molecule has 3 aromatic rings. The van der Waals surface area contributed by atoms with E-state index in [0.29, 0.717) is 41.0 Å². The van der Waals surface area contributed by atoms with E-state index in [2.05, 4.69) is 16.0 Å². The summed E-state index contributed by atoms with van der Waals surface area (Å²) >= 11 is 0. The monoisotopic (exact) mass is 492 g/mol. The van der Waals surface area contributed by atoms with Gasteiger partial charge in [0.2, 0.25) is 0 Å². The number of hydrogen-bond donors (Lipinski definition) is 3. The summed E-state index contributed by atoms with van der Waals surface area (Å²) in [4.78, 5) is 52.4. The van der Waals surface area contributed by atoms with E-state index in [0.717, 1.165) is 5.56 Å². The summed E-state index contributed by atoms with van der Waals surface area (Å²) < 4.78 is 16.2. The highest BCUT2D eigenvalue weighted by Gasteiger charge is 2.53. The van der Waals surface area contributed by atoms with E-state index in [1.165, 1.54) is 12.0 Å². The Kier molecular flexibility index (Phi) is 5.84. The van der Waals surface area contributed by atoms with Crippen molar-refractivity contribution < 1.29 is 33.1 Å². The zero-order chi connectivity index (χ0) is 25.4. The number of methoxy groups -OCH3 is 2. The second-order valence-corrected chi connectivity index (χ2v) is 8.61. The number of nitrogens with one attached hydrogen (secondary N) is 3. The van der Waals surface area contributed by atoms with Gasteiger partial charge in [-0.2, -0.15) is 0 Å². The van der Waals surface area contributed by atoms with Crippen molar-refractivity contribution in [3.05, 3.63) is 64.9 Å². The van der Waals surface area contributed by atoms with Crippen molar-refractivity contribution in [1.29, 1.82) is 0 Å². The number of nitrogens with zero attached hydrogens (tertiary/aromatic N) is 1. The maximum Gasteiger partial charge on any atom is 0.322 e. The van der Waals surface area contributed by atoms with E-state index in [1.54, 1.807) is 49.6 Å². The van der Waals surface area contributed by atoms with Crippen LogP contribution in [-0.2, 0) is 21.6 Å². The number of hydrogen-bond acceptors (Lipinski definition) is 7. The van der Waals surface area contributed by atoms with Gasteiger partial charge in [0.25, 0.3) is 17.7 Å². The van der Waals surface area contributed by atoms with Crippen molar-refractivity contribution in [2.75, 3.05) is 33.9 Å². The molecule has 2 aliphatic rings. The summed E-state index contributed by atoms with van der Waals surface area (Å²) in [6.07, 6.45) is 0. The maximum atomic E-state index is 13.2. The zero-order valence-corrected chi connectivity index (χ0v) is 19.7. The fourth-order valence-corrected chi connectivity index (χ4v) is 4.49. The first kappa shape index (κ1) is 23.4. The predicted octanol–water partition coefficient (Wildman–Crippen LogP) is 1.51. The number of rotatable bonds is 8. The SMILES string of the molecule is COCCNC(=O)c1ccc2cc(C3(CN4Cc5ccc(OC)cc5C4=O)NC(=O)NC3=O)oc2c1. The van der Waals surface area contributed by atoms with Crippen molar-refractivity contribution >= 4 is 34.7 Å². The standard InChI is InChI=1S/C25H24N4O7/c1-34-8-7-26-21(30)15-4-3-14-10-20(36-19(14)9-15)25(23(32)27-24(33)28-25)13-29-12-16-5-6-17(35-2)11-18(16)22(29)31/h3-6,9-11H,7-8,12-13H2,1-2H3,(H,26,30)(H2,27,28,32,33). The Labute approximate surface area is 205 Å². The number of imide groups is 1. The van der Waals surface area contributed by atoms with Crippen molar-refractivity contribution in [3.8, 4) is 5.75 Å². The Bertz CT molecular complexity index is 1400. The predicted molar refractivity (Wildman–Crippen MR) is 127 cm³/mol. The van der Waals surface area contributed by atoms with E-state index in [-0.39, 0.29) is 30.7 Å². The first-order chi connectivity index (χ1) is 17.3. The van der Waals surface area contributed by atoms with Crippen molar-refractivity contribution in [2.24, 2.45) is 0 Å². The summed E-state index contributed by atoms with van der Waals surface area (Å²) in [5.41, 5.74) is 0.349. The normalized spacial score (nSPS) is 18.8. The number of ether oxygens (including phenoxy) is 2. The molecule has 11 heteroatoms. The lowest BCUT2D eigenvalue weighted by Gasteiger charge is -2.29. The average Bonchev–Trinajstić information content (AvgIpc) is 3.52. The maximum absolute atomic E-state index is 13.2. The number of amides is 5. The van der Waals surface area contributed by atoms with Gasteiger partial charge in [-0.15, -0.1) is 0 Å². The van der Waals surface area contributed by atoms with Gasteiger partial charge in [-0.3, -0.25) is 19.7 Å². The van der Waals surface area contributed by atoms with Crippen LogP contribution in [0.2, 0.25) is 0 Å². The number of urea groups is 1. The van der Waals surface area contributed by atoms with Gasteiger partial charge < -0.3 is 29.4 Å². The minimum atomic E-state index is -1.64. The molecule has 2 aliphatic heterocycles. The van der Waals surface area contributed by atoms with Crippen LogP contribution in [0, 0.1) is 0 Å². The summed E-state index contributed by atoms with van der Waals surface area (Å²) in [7, 11) is 3.06. The van der Waals surface area contributed by atoms with Crippen LogP contribution in [0.15, 0.2) is 46.9 Å². The molecule has 5 rings (SSSR count). The van der Waals surface area contributed by atoms with E-state index < -0.39 is 17.5 Å². The number of carbonyl (C=O) groups is 4. The minimum absolute atomic E-state index is 0.148. The minimum Gasteiger partial charge on any atom is -0.497 e. The number of fused-ring (bicyclic) bond motifs is 2. The smallest absolute Gasteiger partial charge is 0.322 e. The second kappa shape index (κ2) is 9.00. The molecule has 1 unspecified atom stereocenters. The molecular formula is C25H24N4O7. The molecule has 0 aliphatic carbocycles. The summed E-state index contributed by atoms with van der Waals surface area (Å²) in [6.45, 7) is 0.839. The van der Waals surface area contributed by atoms with Crippen LogP contribution in [0.1, 0.15) is 32.0 Å². The first-order valence-electron chi connectivity index (χ1n) is 11.3. The van der Waals surface area contributed by atoms with Gasteiger partial charge in [0.1, 0.15) is 17.1 Å². The molecule has 1 atom stereocenters. The Morgan fingerprint density at radius 2 is 1.97 bits per heavy atom. The van der Waals surface area contributed by atoms with E-state index >= 15 is 0 Å². The molecule has 0 saturated carbocycles. The molecule has 0 bridgehead atoms. The van der Waals surface area contributed by atoms with E-state index in [1.807, 2.05) is 0 Å². The van der Waals surface area contributed by atoms with Gasteiger partial charge >= 0.3 is 6.03 Å². The zero-order valence-electron chi connectivity index (χ0n) is 19.7. The number of benzene rings is 2. The third kappa shape index (κ3) is 3.93. The Morgan fingerprint density at radius 3 is 2.69 bits per heavy atom. The van der Waals surface area contributed by atoms with Crippen LogP contribution >= 0.6 is 0 Å². The number of carbonyl (C=O) groups excluding carboxylic acids is 4. The topological polar surface area (TPSA) is 139 Å². The third-order valence-electron chi connectivity index (χ3n) is 6.36. The summed E-state index contributed by atoms with van der Waals surface area (Å²) in [5.74, 6) is -0.526. The molecule has 2 aromatic carbocycles. The quantitative estimate of drug-likeness (QED) is 0.320. The Balaban J connectivity index is 1.46. The van der Waals surface area contributed by atoms with Crippen LogP contribution in [0.3, 0.4) is 0 Å². The molecule has 3 heterocycles. The van der Waals surface area contributed by atoms with Crippen LogP contribution in [-0.4, -0.2) is 62.6 Å². The highest BCUT2D eigenvalue weighted by Crippen LogP contribution is 2.35. The molecule has 11 nitrogen and oxygen atoms in total. The first-order valence-corrected chi connectivity index (χ1v) is 11.3. The van der Waals surface area contributed by atoms with Crippen LogP contribution in [0.4, 0.5) is 4.79 Å². The molecule has 0 spiro atoms. The molecule has 1 fully saturated rings. The lowest BCUT2D eigenvalue weighted by atomic mass is 9.95. The molecule has 1 saturated heterocycles. The molecular weight excluding hydrogens is 468 g/mol. The van der Waals surface area contributed by atoms with Gasteiger partial charge in [-0.25, -0.2) is 4.79 Å². The lowest BCUT2D eigenvalue weighted by molar-refractivity contribution is -0.125. The van der Waals surface area contributed by atoms with Crippen molar-refractivity contribution in [3.63, 3.8) is 0 Å². The van der Waals surface area contributed by atoms with Crippen molar-refractivity contribution in [2.45, 2.75) is 12.1 Å². The van der Waals surface area contributed by atoms with Crippen LogP contribution in [0.5, 0.6) is 5.75 Å². The van der Waals surface area contributed by atoms with E-state index in [4.69, 9.17) is 13.9 Å². The van der Waals surface area contributed by atoms with Gasteiger partial charge in [0.15, 0.2) is 5.54 Å². The molecule has 3 N–H and O–H groups in total. The summed E-state index contributed by atoms with van der Waals surface area (Å²) in [5, 5.41) is 8.28. The van der Waals surface area contributed by atoms with E-state index in [9.17, 15) is 19.2 Å². The van der Waals surface area contributed by atoms with Crippen LogP contribution < -0.4 is 20.7 Å². The largest absolute Gasteiger partial charge is 0.497 e. The van der Waals surface area contributed by atoms with Crippen LogP contribution in [0.25, 0.3) is 11.0 Å². The fourth-order valence-electron chi connectivity index (χ4n) is 4.49. The summed E-state index contributed by atoms with van der Waals surface area (Å²) in [6, 6.07) is 11.0. The highest BCUT2D eigenvalue weighted by atomic mass is 16.5. The highest BCUT2D eigenvalue weighted by molar-refractivity contribution is 6.08. The lowest BCUT2D eigenvalue weighted by Crippen LogP contribution is -2.52. The third-order valence-corrected chi connectivity index (χ3v) is 6.36. The molecule has 186 valence electrons. The molecule has 1 aromatic heterocycles. The van der Waals surface area contributed by atoms with Gasteiger partial charge in [-0.1, -0.05) is 12.1 Å². The van der Waals surface area contributed by atoms with Gasteiger partial charge in [0, 0.05) is 36.7 Å².